The quantitative estimate of drug-likeness (QED) is 0.434. The molecule has 0 fully saturated rings. The standard InChI is InChI=1S/C23H20ClF3N2O5S/c1-33-20-11-9-17(13-21(20)34-2)35(31,32)29(16-6-4-3-5-7-16)14-22(30)28-15-8-10-19(24)18(12-15)23(25,26)27/h3-13H,14H2,1-2H3,(H,28,30). The fraction of sp³-hybridized carbons (Fsp3) is 0.174. The summed E-state index contributed by atoms with van der Waals surface area (Å²) in [5.41, 5.74) is -1.15. The number of benzene rings is 3. The van der Waals surface area contributed by atoms with E-state index >= 15 is 0 Å². The zero-order valence-corrected chi connectivity index (χ0v) is 20.0. The summed E-state index contributed by atoms with van der Waals surface area (Å²) in [6.07, 6.45) is -4.73. The molecule has 1 N–H and O–H groups in total. The van der Waals surface area contributed by atoms with Crippen molar-refractivity contribution in [3.8, 4) is 11.5 Å². The van der Waals surface area contributed by atoms with Crippen molar-refractivity contribution >= 4 is 38.9 Å². The highest BCUT2D eigenvalue weighted by Crippen LogP contribution is 2.36. The molecule has 1 amide bonds. The second-order valence-electron chi connectivity index (χ2n) is 7.10. The molecule has 3 aromatic carbocycles. The molecule has 0 aliphatic carbocycles. The van der Waals surface area contributed by atoms with Crippen molar-refractivity contribution < 1.29 is 35.9 Å². The minimum absolute atomic E-state index is 0.159. The predicted octanol–water partition coefficient (Wildman–Crippen LogP) is 5.21. The van der Waals surface area contributed by atoms with E-state index in [2.05, 4.69) is 5.32 Å². The summed E-state index contributed by atoms with van der Waals surface area (Å²) in [5.74, 6) is -0.404. The molecule has 0 aliphatic heterocycles. The Morgan fingerprint density at radius 3 is 2.23 bits per heavy atom. The van der Waals surface area contributed by atoms with Crippen molar-refractivity contribution in [1.29, 1.82) is 0 Å². The van der Waals surface area contributed by atoms with Gasteiger partial charge in [-0.25, -0.2) is 8.42 Å². The largest absolute Gasteiger partial charge is 0.493 e. The van der Waals surface area contributed by atoms with Gasteiger partial charge >= 0.3 is 6.18 Å². The number of hydrogen-bond acceptors (Lipinski definition) is 5. The second kappa shape index (κ2) is 10.4. The van der Waals surface area contributed by atoms with Crippen LogP contribution in [-0.4, -0.2) is 35.1 Å². The minimum Gasteiger partial charge on any atom is -0.493 e. The third-order valence-electron chi connectivity index (χ3n) is 4.83. The number of amides is 1. The van der Waals surface area contributed by atoms with Crippen LogP contribution in [0.25, 0.3) is 0 Å². The zero-order valence-electron chi connectivity index (χ0n) is 18.5. The summed E-state index contributed by atoms with van der Waals surface area (Å²) in [6, 6.07) is 14.6. The molecule has 0 atom stereocenters. The summed E-state index contributed by atoms with van der Waals surface area (Å²) in [6.45, 7) is -0.718. The first-order chi connectivity index (χ1) is 16.5. The number of anilines is 2. The molecule has 3 rings (SSSR count). The molecule has 3 aromatic rings. The van der Waals surface area contributed by atoms with Gasteiger partial charge in [0.05, 0.1) is 35.4 Å². The molecule has 35 heavy (non-hydrogen) atoms. The van der Waals surface area contributed by atoms with Crippen LogP contribution in [0.15, 0.2) is 71.6 Å². The third-order valence-corrected chi connectivity index (χ3v) is 6.93. The molecule has 7 nitrogen and oxygen atoms in total. The number of para-hydroxylation sites is 1. The second-order valence-corrected chi connectivity index (χ2v) is 9.37. The molecule has 0 unspecified atom stereocenters. The lowest BCUT2D eigenvalue weighted by Crippen LogP contribution is -2.38. The molecule has 0 aromatic heterocycles. The van der Waals surface area contributed by atoms with E-state index in [1.807, 2.05) is 0 Å². The molecule has 0 saturated heterocycles. The molecule has 186 valence electrons. The van der Waals surface area contributed by atoms with E-state index in [4.69, 9.17) is 21.1 Å². The van der Waals surface area contributed by atoms with Gasteiger partial charge < -0.3 is 14.8 Å². The Bertz CT molecular complexity index is 1320. The van der Waals surface area contributed by atoms with E-state index in [0.29, 0.717) is 11.8 Å². The van der Waals surface area contributed by atoms with Gasteiger partial charge in [0.1, 0.15) is 6.54 Å². The number of halogens is 4. The maximum Gasteiger partial charge on any atom is 0.417 e. The van der Waals surface area contributed by atoms with Crippen molar-refractivity contribution in [2.75, 3.05) is 30.4 Å². The molecule has 0 saturated carbocycles. The molecular formula is C23H20ClF3N2O5S. The van der Waals surface area contributed by atoms with E-state index in [-0.39, 0.29) is 22.0 Å². The highest BCUT2D eigenvalue weighted by atomic mass is 35.5. The lowest BCUT2D eigenvalue weighted by atomic mass is 10.2. The number of sulfonamides is 1. The topological polar surface area (TPSA) is 84.9 Å². The molecule has 0 spiro atoms. The van der Waals surface area contributed by atoms with Crippen molar-refractivity contribution in [3.63, 3.8) is 0 Å². The summed E-state index contributed by atoms with van der Waals surface area (Å²) in [4.78, 5) is 12.6. The van der Waals surface area contributed by atoms with Crippen LogP contribution >= 0.6 is 11.6 Å². The van der Waals surface area contributed by atoms with Crippen LogP contribution in [0.4, 0.5) is 24.5 Å². The molecule has 12 heteroatoms. The molecule has 0 heterocycles. The lowest BCUT2D eigenvalue weighted by molar-refractivity contribution is -0.137. The van der Waals surface area contributed by atoms with E-state index < -0.39 is 39.2 Å². The normalized spacial score (nSPS) is 11.6. The highest BCUT2D eigenvalue weighted by Gasteiger charge is 2.34. The number of hydrogen-bond donors (Lipinski definition) is 1. The number of carbonyl (C=O) groups excluding carboxylic acids is 1. The Morgan fingerprint density at radius 2 is 1.63 bits per heavy atom. The molecule has 0 radical (unpaired) electrons. The summed E-state index contributed by atoms with van der Waals surface area (Å²) >= 11 is 5.62. The van der Waals surface area contributed by atoms with Gasteiger partial charge in [0, 0.05) is 11.8 Å². The van der Waals surface area contributed by atoms with Crippen molar-refractivity contribution in [1.82, 2.24) is 0 Å². The first kappa shape index (κ1) is 26.2. The van der Waals surface area contributed by atoms with Gasteiger partial charge in [-0.3, -0.25) is 9.10 Å². The summed E-state index contributed by atoms with van der Waals surface area (Å²) in [5, 5.41) is 1.77. The van der Waals surface area contributed by atoms with Gasteiger partial charge in [0.25, 0.3) is 10.0 Å². The van der Waals surface area contributed by atoms with E-state index in [1.165, 1.54) is 50.6 Å². The number of alkyl halides is 3. The summed E-state index contributed by atoms with van der Waals surface area (Å²) < 4.78 is 77.6. The van der Waals surface area contributed by atoms with Gasteiger partial charge in [0.2, 0.25) is 5.91 Å². The van der Waals surface area contributed by atoms with Gasteiger partial charge in [-0.1, -0.05) is 29.8 Å². The van der Waals surface area contributed by atoms with Crippen molar-refractivity contribution in [2.45, 2.75) is 11.1 Å². The smallest absolute Gasteiger partial charge is 0.417 e. The maximum atomic E-state index is 13.5. The van der Waals surface area contributed by atoms with Crippen LogP contribution in [0.2, 0.25) is 5.02 Å². The predicted molar refractivity (Wildman–Crippen MR) is 126 cm³/mol. The lowest BCUT2D eigenvalue weighted by Gasteiger charge is -2.24. The SMILES string of the molecule is COc1ccc(S(=O)(=O)N(CC(=O)Nc2ccc(Cl)c(C(F)(F)F)c2)c2ccccc2)cc1OC. The maximum absolute atomic E-state index is 13.5. The molecular weight excluding hydrogens is 509 g/mol. The Labute approximate surface area is 205 Å². The molecule has 0 bridgehead atoms. The third kappa shape index (κ3) is 5.98. The Hall–Kier alpha value is -3.44. The van der Waals surface area contributed by atoms with Gasteiger partial charge in [0.15, 0.2) is 11.5 Å². The first-order valence-electron chi connectivity index (χ1n) is 9.93. The number of rotatable bonds is 8. The van der Waals surface area contributed by atoms with Crippen molar-refractivity contribution in [2.24, 2.45) is 0 Å². The first-order valence-corrected chi connectivity index (χ1v) is 11.8. The Balaban J connectivity index is 1.95. The minimum atomic E-state index is -4.73. The fourth-order valence-electron chi connectivity index (χ4n) is 3.16. The fourth-order valence-corrected chi connectivity index (χ4v) is 4.83. The van der Waals surface area contributed by atoms with Gasteiger partial charge in [-0.05, 0) is 42.5 Å². The number of ether oxygens (including phenoxy) is 2. The van der Waals surface area contributed by atoms with Crippen LogP contribution < -0.4 is 19.1 Å². The van der Waals surface area contributed by atoms with Gasteiger partial charge in [-0.2, -0.15) is 13.2 Å². The zero-order chi connectivity index (χ0) is 25.8. The van der Waals surface area contributed by atoms with E-state index in [0.717, 1.165) is 10.4 Å². The van der Waals surface area contributed by atoms with Crippen molar-refractivity contribution in [3.05, 3.63) is 77.3 Å². The number of methoxy groups -OCH3 is 2. The van der Waals surface area contributed by atoms with E-state index in [1.54, 1.807) is 18.2 Å². The highest BCUT2D eigenvalue weighted by molar-refractivity contribution is 7.92. The average Bonchev–Trinajstić information content (AvgIpc) is 2.83. The molecule has 0 aliphatic rings. The monoisotopic (exact) mass is 528 g/mol. The van der Waals surface area contributed by atoms with Crippen LogP contribution in [0.5, 0.6) is 11.5 Å². The number of nitrogens with zero attached hydrogens (tertiary/aromatic N) is 1. The van der Waals surface area contributed by atoms with Crippen LogP contribution in [-0.2, 0) is 21.0 Å². The Kier molecular flexibility index (Phi) is 7.81. The number of carbonyl (C=O) groups is 1. The van der Waals surface area contributed by atoms with Gasteiger partial charge in [-0.15, -0.1) is 0 Å². The average molecular weight is 529 g/mol. The summed E-state index contributed by atoms with van der Waals surface area (Å²) in [7, 11) is -1.56. The van der Waals surface area contributed by atoms with E-state index in [9.17, 15) is 26.4 Å². The van der Waals surface area contributed by atoms with Crippen LogP contribution in [0.1, 0.15) is 5.56 Å². The Morgan fingerprint density at radius 1 is 0.971 bits per heavy atom. The number of nitrogens with one attached hydrogen (secondary N) is 1. The van der Waals surface area contributed by atoms with Crippen LogP contribution in [0, 0.1) is 0 Å². The van der Waals surface area contributed by atoms with Crippen LogP contribution in [0.3, 0.4) is 0 Å².